The fourth-order valence-electron chi connectivity index (χ4n) is 2.85. The van der Waals surface area contributed by atoms with Gasteiger partial charge in [-0.05, 0) is 6.92 Å². The van der Waals surface area contributed by atoms with Gasteiger partial charge in [-0.2, -0.15) is 0 Å². The maximum Gasteiger partial charge on any atom is 0.313 e. The molecule has 11 heteroatoms. The molecule has 1 fully saturated rings. The first-order valence-corrected chi connectivity index (χ1v) is 7.43. The van der Waals surface area contributed by atoms with Crippen molar-refractivity contribution in [3.63, 3.8) is 0 Å². The van der Waals surface area contributed by atoms with E-state index in [-0.39, 0.29) is 23.7 Å². The predicted molar refractivity (Wildman–Crippen MR) is 79.8 cm³/mol. The van der Waals surface area contributed by atoms with E-state index in [1.54, 1.807) is 6.92 Å². The molecule has 3 rings (SSSR count). The molecule has 132 valence electrons. The molecule has 2 aromatic rings. The Bertz CT molecular complexity index is 804. The first-order chi connectivity index (χ1) is 11.4. The van der Waals surface area contributed by atoms with Gasteiger partial charge in [0, 0.05) is 0 Å². The van der Waals surface area contributed by atoms with Gasteiger partial charge in [0.1, 0.15) is 18.3 Å². The Hall–Kier alpha value is -2.05. The Labute approximate surface area is 135 Å². The molecule has 0 aromatic carbocycles. The van der Waals surface area contributed by atoms with Crippen molar-refractivity contribution in [2.75, 3.05) is 18.9 Å². The summed E-state index contributed by atoms with van der Waals surface area (Å²) in [7, 11) is 0. The van der Waals surface area contributed by atoms with Crippen molar-refractivity contribution in [1.82, 2.24) is 14.5 Å². The number of aliphatic hydroxyl groups excluding tert-OH is 4. The van der Waals surface area contributed by atoms with Crippen LogP contribution in [0.15, 0.2) is 11.1 Å². The number of nitrogen functional groups attached to an aromatic ring is 1. The van der Waals surface area contributed by atoms with E-state index in [4.69, 9.17) is 10.5 Å². The van der Waals surface area contributed by atoms with Crippen LogP contribution in [0.2, 0.25) is 0 Å². The van der Waals surface area contributed by atoms with Crippen molar-refractivity contribution >= 4 is 17.1 Å². The van der Waals surface area contributed by atoms with E-state index in [0.29, 0.717) is 0 Å². The number of aliphatic hydroxyl groups is 4. The number of aromatic nitrogens is 4. The van der Waals surface area contributed by atoms with Crippen LogP contribution in [0, 0.1) is 0 Å². The molecule has 3 heterocycles. The summed E-state index contributed by atoms with van der Waals surface area (Å²) in [5.41, 5.74) is 5.36. The quantitative estimate of drug-likeness (QED) is 0.315. The third-order valence-corrected chi connectivity index (χ3v) is 4.18. The van der Waals surface area contributed by atoms with E-state index in [2.05, 4.69) is 9.97 Å². The number of fused-ring (bicyclic) bond motifs is 1. The molecule has 0 saturated carbocycles. The minimum atomic E-state index is -1.34. The molecule has 1 unspecified atom stereocenters. The van der Waals surface area contributed by atoms with Crippen molar-refractivity contribution in [1.29, 1.82) is 0 Å². The summed E-state index contributed by atoms with van der Waals surface area (Å²) in [5, 5.41) is 38.7. The molecule has 24 heavy (non-hydrogen) atoms. The molecule has 5 atom stereocenters. The van der Waals surface area contributed by atoms with Gasteiger partial charge in [-0.1, -0.05) is 4.98 Å². The lowest BCUT2D eigenvalue weighted by molar-refractivity contribution is -0.746. The molecule has 0 amide bonds. The highest BCUT2D eigenvalue weighted by Gasteiger charge is 2.47. The summed E-state index contributed by atoms with van der Waals surface area (Å²) >= 11 is 0. The van der Waals surface area contributed by atoms with Crippen molar-refractivity contribution in [3.05, 3.63) is 16.7 Å². The zero-order chi connectivity index (χ0) is 17.6. The topological polar surface area (TPSA) is 171 Å². The number of aromatic amines is 1. The molecule has 0 bridgehead atoms. The van der Waals surface area contributed by atoms with Crippen molar-refractivity contribution in [3.8, 4) is 0 Å². The molecule has 0 spiro atoms. The highest BCUT2D eigenvalue weighted by Crippen LogP contribution is 2.27. The van der Waals surface area contributed by atoms with Gasteiger partial charge in [-0.15, -0.1) is 0 Å². The Morgan fingerprint density at radius 3 is 2.75 bits per heavy atom. The fourth-order valence-corrected chi connectivity index (χ4v) is 2.85. The lowest BCUT2D eigenvalue weighted by Crippen LogP contribution is -2.46. The normalized spacial score (nSPS) is 28.5. The van der Waals surface area contributed by atoms with Crippen molar-refractivity contribution < 1.29 is 29.7 Å². The number of anilines is 1. The van der Waals surface area contributed by atoms with Crippen LogP contribution < -0.4 is 15.9 Å². The van der Waals surface area contributed by atoms with E-state index >= 15 is 0 Å². The highest BCUT2D eigenvalue weighted by molar-refractivity contribution is 5.67. The average molecular weight is 342 g/mol. The Morgan fingerprint density at radius 2 is 2.17 bits per heavy atom. The van der Waals surface area contributed by atoms with E-state index in [9.17, 15) is 25.2 Å². The second-order valence-corrected chi connectivity index (χ2v) is 5.81. The Kier molecular flexibility index (Phi) is 4.27. The zero-order valence-electron chi connectivity index (χ0n) is 12.9. The summed E-state index contributed by atoms with van der Waals surface area (Å²) in [4.78, 5) is 18.7. The minimum absolute atomic E-state index is 0.123. The fraction of sp³-hybridized carbons (Fsp3) is 0.615. The number of imidazole rings is 1. The monoisotopic (exact) mass is 342 g/mol. The first kappa shape index (κ1) is 16.8. The molecule has 0 radical (unpaired) electrons. The van der Waals surface area contributed by atoms with Crippen LogP contribution in [-0.2, 0) is 4.74 Å². The number of hydrogen-bond donors (Lipinski definition) is 6. The summed E-state index contributed by atoms with van der Waals surface area (Å²) in [5.74, 6) is -0.123. The maximum atomic E-state index is 12.3. The number of ether oxygens (including phenoxy) is 1. The summed E-state index contributed by atoms with van der Waals surface area (Å²) in [6, 6.07) is -0.447. The summed E-state index contributed by atoms with van der Waals surface area (Å²) in [6.45, 7) is 0.984. The lowest BCUT2D eigenvalue weighted by Gasteiger charge is -2.12. The van der Waals surface area contributed by atoms with Crippen LogP contribution in [-0.4, -0.2) is 66.5 Å². The van der Waals surface area contributed by atoms with Gasteiger partial charge in [-0.25, -0.2) is 4.57 Å². The van der Waals surface area contributed by atoms with Gasteiger partial charge >= 0.3 is 5.65 Å². The average Bonchev–Trinajstić information content (AvgIpc) is 3.06. The van der Waals surface area contributed by atoms with E-state index in [1.165, 1.54) is 15.5 Å². The number of H-pyrrole nitrogens is 1. The molecule has 1 aliphatic heterocycles. The molecule has 1 saturated heterocycles. The SMILES string of the molecule is CC(CO)n1c[n+]([C@@H]2O[C@H](CO)[C@@H](O)[C@H]2O)c2nc(N)[nH]c(=O)c21. The van der Waals surface area contributed by atoms with Crippen molar-refractivity contribution in [2.45, 2.75) is 37.5 Å². The minimum Gasteiger partial charge on any atom is -0.394 e. The van der Waals surface area contributed by atoms with E-state index in [1.807, 2.05) is 0 Å². The molecule has 0 aliphatic carbocycles. The molecule has 1 aliphatic rings. The van der Waals surface area contributed by atoms with Gasteiger partial charge in [0.2, 0.25) is 11.7 Å². The third-order valence-electron chi connectivity index (χ3n) is 4.18. The number of nitrogens with two attached hydrogens (primary N) is 1. The number of nitrogens with one attached hydrogen (secondary N) is 1. The van der Waals surface area contributed by atoms with Crippen LogP contribution in [0.25, 0.3) is 11.2 Å². The van der Waals surface area contributed by atoms with Crippen LogP contribution in [0.4, 0.5) is 5.95 Å². The lowest BCUT2D eigenvalue weighted by atomic mass is 10.1. The van der Waals surface area contributed by atoms with Crippen LogP contribution in [0.5, 0.6) is 0 Å². The van der Waals surface area contributed by atoms with E-state index in [0.717, 1.165) is 0 Å². The third kappa shape index (κ3) is 2.46. The van der Waals surface area contributed by atoms with Gasteiger partial charge < -0.3 is 30.9 Å². The predicted octanol–water partition coefficient (Wildman–Crippen LogP) is -3.24. The second-order valence-electron chi connectivity index (χ2n) is 5.81. The van der Waals surface area contributed by atoms with Gasteiger partial charge in [0.25, 0.3) is 11.5 Å². The Balaban J connectivity index is 2.20. The molecular weight excluding hydrogens is 322 g/mol. The van der Waals surface area contributed by atoms with Gasteiger partial charge in [0.05, 0.1) is 19.3 Å². The maximum absolute atomic E-state index is 12.3. The first-order valence-electron chi connectivity index (χ1n) is 7.43. The van der Waals surface area contributed by atoms with Gasteiger partial charge in [-0.3, -0.25) is 14.3 Å². The number of rotatable bonds is 4. The number of nitrogens with zero attached hydrogens (tertiary/aromatic N) is 3. The highest BCUT2D eigenvalue weighted by atomic mass is 16.6. The summed E-state index contributed by atoms with van der Waals surface area (Å²) < 4.78 is 8.32. The van der Waals surface area contributed by atoms with Crippen LogP contribution in [0.3, 0.4) is 0 Å². The van der Waals surface area contributed by atoms with Gasteiger partial charge in [0.15, 0.2) is 6.33 Å². The largest absolute Gasteiger partial charge is 0.394 e. The standard InChI is InChI=1S/C13H19N5O6/c1-5(2-19)17-4-18(10-7(17)11(23)16-13(14)15-10)12-9(22)8(21)6(3-20)24-12/h4-6,8-9,12,19-22H,2-3H2,1H3,(H2-,14,15,16,23)/p+1/t5?,6-,8-,9-,12-/m1/s1. The molecule has 7 N–H and O–H groups in total. The number of hydrogen-bond acceptors (Lipinski definition) is 8. The smallest absolute Gasteiger partial charge is 0.313 e. The van der Waals surface area contributed by atoms with E-state index < -0.39 is 42.7 Å². The Morgan fingerprint density at radius 1 is 1.46 bits per heavy atom. The summed E-state index contributed by atoms with van der Waals surface area (Å²) in [6.07, 6.45) is -3.21. The van der Waals surface area contributed by atoms with Crippen LogP contribution >= 0.6 is 0 Å². The zero-order valence-corrected chi connectivity index (χ0v) is 12.9. The molecule has 11 nitrogen and oxygen atoms in total. The molecular formula is C13H20N5O6+. The molecule has 2 aromatic heterocycles. The van der Waals surface area contributed by atoms with Crippen molar-refractivity contribution in [2.24, 2.45) is 0 Å². The second kappa shape index (κ2) is 6.11. The van der Waals surface area contributed by atoms with Crippen LogP contribution in [0.1, 0.15) is 19.2 Å².